The van der Waals surface area contributed by atoms with Gasteiger partial charge < -0.3 is 30.3 Å². The van der Waals surface area contributed by atoms with Crippen LogP contribution < -0.4 is 25.4 Å². The second-order valence-electron chi connectivity index (χ2n) is 6.76. The van der Waals surface area contributed by atoms with Crippen LogP contribution in [0, 0.1) is 0 Å². The molecular formula is C20H19ClN4O5. The monoisotopic (exact) mass is 430 g/mol. The molecule has 1 atom stereocenters. The molecular weight excluding hydrogens is 412 g/mol. The van der Waals surface area contributed by atoms with Gasteiger partial charge in [-0.05, 0) is 36.4 Å². The quantitative estimate of drug-likeness (QED) is 0.690. The SMILES string of the molecule is O=C(C[C@H]1C(=O)NCCN1C(=O)Nc1ccc(Cl)cc1)Nc1ccc2c(c1)OCO2. The molecule has 2 aromatic carbocycles. The minimum absolute atomic E-state index is 0.132. The third kappa shape index (κ3) is 4.41. The van der Waals surface area contributed by atoms with Crippen LogP contribution in [-0.4, -0.2) is 48.7 Å². The number of nitrogens with zero attached hydrogens (tertiary/aromatic N) is 1. The molecule has 0 aliphatic carbocycles. The Bertz CT molecular complexity index is 982. The molecule has 1 fully saturated rings. The van der Waals surface area contributed by atoms with Gasteiger partial charge in [0, 0.05) is 35.6 Å². The van der Waals surface area contributed by atoms with E-state index in [2.05, 4.69) is 16.0 Å². The van der Waals surface area contributed by atoms with Gasteiger partial charge in [0.15, 0.2) is 11.5 Å². The number of nitrogens with one attached hydrogen (secondary N) is 3. The van der Waals surface area contributed by atoms with Crippen molar-refractivity contribution >= 4 is 40.8 Å². The minimum Gasteiger partial charge on any atom is -0.454 e. The number of piperazine rings is 1. The lowest BCUT2D eigenvalue weighted by Crippen LogP contribution is -2.59. The second kappa shape index (κ2) is 8.50. The molecule has 0 spiro atoms. The van der Waals surface area contributed by atoms with E-state index >= 15 is 0 Å². The van der Waals surface area contributed by atoms with Crippen molar-refractivity contribution in [3.8, 4) is 11.5 Å². The number of rotatable bonds is 4. The molecule has 0 saturated carbocycles. The number of amides is 4. The van der Waals surface area contributed by atoms with Gasteiger partial charge in [0.05, 0.1) is 6.42 Å². The maximum absolute atomic E-state index is 12.7. The van der Waals surface area contributed by atoms with Crippen LogP contribution in [-0.2, 0) is 9.59 Å². The van der Waals surface area contributed by atoms with Crippen molar-refractivity contribution < 1.29 is 23.9 Å². The average molecular weight is 431 g/mol. The van der Waals surface area contributed by atoms with Crippen LogP contribution in [0.25, 0.3) is 0 Å². The van der Waals surface area contributed by atoms with E-state index in [4.69, 9.17) is 21.1 Å². The molecule has 0 radical (unpaired) electrons. The number of carbonyl (C=O) groups is 3. The van der Waals surface area contributed by atoms with E-state index in [1.54, 1.807) is 42.5 Å². The predicted octanol–water partition coefficient (Wildman–Crippen LogP) is 2.43. The normalized spacial score (nSPS) is 17.3. The molecule has 156 valence electrons. The molecule has 2 aliphatic rings. The molecule has 2 aromatic rings. The summed E-state index contributed by atoms with van der Waals surface area (Å²) in [5.41, 5.74) is 1.05. The molecule has 4 amide bonds. The van der Waals surface area contributed by atoms with E-state index in [1.807, 2.05) is 0 Å². The van der Waals surface area contributed by atoms with Crippen LogP contribution in [0.2, 0.25) is 5.02 Å². The number of hydrogen-bond acceptors (Lipinski definition) is 5. The van der Waals surface area contributed by atoms with Crippen LogP contribution in [0.15, 0.2) is 42.5 Å². The summed E-state index contributed by atoms with van der Waals surface area (Å²) in [6.45, 7) is 0.729. The van der Waals surface area contributed by atoms with Gasteiger partial charge in [0.25, 0.3) is 0 Å². The summed E-state index contributed by atoms with van der Waals surface area (Å²) in [6.07, 6.45) is -0.186. The standard InChI is InChI=1S/C20H19ClN4O5/c21-12-1-3-13(4-2-12)24-20(28)25-8-7-22-19(27)15(25)10-18(26)23-14-5-6-16-17(9-14)30-11-29-16/h1-6,9,15H,7-8,10-11H2,(H,22,27)(H,23,26)(H,24,28)/t15-/m0/s1. The van der Waals surface area contributed by atoms with Crippen molar-refractivity contribution in [2.75, 3.05) is 30.5 Å². The highest BCUT2D eigenvalue weighted by Crippen LogP contribution is 2.34. The Morgan fingerprint density at radius 3 is 2.60 bits per heavy atom. The van der Waals surface area contributed by atoms with Gasteiger partial charge in [0.1, 0.15) is 6.04 Å². The summed E-state index contributed by atoms with van der Waals surface area (Å²) in [4.78, 5) is 39.0. The molecule has 10 heteroatoms. The van der Waals surface area contributed by atoms with E-state index in [1.165, 1.54) is 4.90 Å². The molecule has 9 nitrogen and oxygen atoms in total. The fourth-order valence-corrected chi connectivity index (χ4v) is 3.38. The summed E-state index contributed by atoms with van der Waals surface area (Å²) in [5.74, 6) is 0.352. The van der Waals surface area contributed by atoms with Crippen molar-refractivity contribution in [1.29, 1.82) is 0 Å². The van der Waals surface area contributed by atoms with Crippen molar-refractivity contribution in [2.24, 2.45) is 0 Å². The minimum atomic E-state index is -0.930. The first-order valence-corrected chi connectivity index (χ1v) is 9.68. The number of carbonyl (C=O) groups excluding carboxylic acids is 3. The predicted molar refractivity (Wildman–Crippen MR) is 110 cm³/mol. The Morgan fingerprint density at radius 2 is 1.80 bits per heavy atom. The highest BCUT2D eigenvalue weighted by molar-refractivity contribution is 6.30. The van der Waals surface area contributed by atoms with E-state index in [-0.39, 0.29) is 25.7 Å². The lowest BCUT2D eigenvalue weighted by molar-refractivity contribution is -0.130. The number of benzene rings is 2. The van der Waals surface area contributed by atoms with Gasteiger partial charge in [-0.3, -0.25) is 9.59 Å². The van der Waals surface area contributed by atoms with Crippen LogP contribution in [0.1, 0.15) is 6.42 Å². The Morgan fingerprint density at radius 1 is 1.07 bits per heavy atom. The van der Waals surface area contributed by atoms with Gasteiger partial charge in [-0.1, -0.05) is 11.6 Å². The van der Waals surface area contributed by atoms with E-state index in [0.29, 0.717) is 34.4 Å². The molecule has 3 N–H and O–H groups in total. The third-order valence-electron chi connectivity index (χ3n) is 4.72. The maximum Gasteiger partial charge on any atom is 0.322 e. The van der Waals surface area contributed by atoms with Gasteiger partial charge >= 0.3 is 6.03 Å². The molecule has 0 unspecified atom stereocenters. The van der Waals surface area contributed by atoms with Crippen LogP contribution in [0.4, 0.5) is 16.2 Å². The summed E-state index contributed by atoms with van der Waals surface area (Å²) in [7, 11) is 0. The van der Waals surface area contributed by atoms with Crippen LogP contribution >= 0.6 is 11.6 Å². The molecule has 2 heterocycles. The number of halogens is 1. The first-order valence-electron chi connectivity index (χ1n) is 9.30. The highest BCUT2D eigenvalue weighted by atomic mass is 35.5. The van der Waals surface area contributed by atoms with Crippen LogP contribution in [0.3, 0.4) is 0 Å². The highest BCUT2D eigenvalue weighted by Gasteiger charge is 2.35. The van der Waals surface area contributed by atoms with Gasteiger partial charge in [-0.2, -0.15) is 0 Å². The third-order valence-corrected chi connectivity index (χ3v) is 4.97. The first-order chi connectivity index (χ1) is 14.5. The Kier molecular flexibility index (Phi) is 5.62. The first kappa shape index (κ1) is 19.8. The van der Waals surface area contributed by atoms with E-state index in [0.717, 1.165) is 0 Å². The lowest BCUT2D eigenvalue weighted by Gasteiger charge is -2.34. The second-order valence-corrected chi connectivity index (χ2v) is 7.19. The number of urea groups is 1. The Hall–Kier alpha value is -3.46. The number of hydrogen-bond donors (Lipinski definition) is 3. The smallest absolute Gasteiger partial charge is 0.322 e. The van der Waals surface area contributed by atoms with E-state index in [9.17, 15) is 14.4 Å². The fraction of sp³-hybridized carbons (Fsp3) is 0.250. The summed E-state index contributed by atoms with van der Waals surface area (Å²) < 4.78 is 10.5. The largest absolute Gasteiger partial charge is 0.454 e. The van der Waals surface area contributed by atoms with Gasteiger partial charge in [-0.15, -0.1) is 0 Å². The van der Waals surface area contributed by atoms with Crippen molar-refractivity contribution in [1.82, 2.24) is 10.2 Å². The van der Waals surface area contributed by atoms with Gasteiger partial charge in [-0.25, -0.2) is 4.79 Å². The Labute approximate surface area is 177 Å². The maximum atomic E-state index is 12.7. The number of fused-ring (bicyclic) bond motifs is 1. The van der Waals surface area contributed by atoms with Gasteiger partial charge in [0.2, 0.25) is 18.6 Å². The summed E-state index contributed by atoms with van der Waals surface area (Å²) >= 11 is 5.86. The number of anilines is 2. The zero-order chi connectivity index (χ0) is 21.1. The molecule has 0 aromatic heterocycles. The molecule has 2 aliphatic heterocycles. The summed E-state index contributed by atoms with van der Waals surface area (Å²) in [6, 6.07) is 10.2. The molecule has 1 saturated heterocycles. The average Bonchev–Trinajstić information content (AvgIpc) is 3.19. The molecule has 4 rings (SSSR count). The topological polar surface area (TPSA) is 109 Å². The summed E-state index contributed by atoms with van der Waals surface area (Å²) in [5, 5.41) is 8.70. The van der Waals surface area contributed by atoms with Crippen molar-refractivity contribution in [3.63, 3.8) is 0 Å². The molecule has 0 bridgehead atoms. The fourth-order valence-electron chi connectivity index (χ4n) is 3.25. The zero-order valence-electron chi connectivity index (χ0n) is 15.8. The zero-order valence-corrected chi connectivity index (χ0v) is 16.6. The Balaban J connectivity index is 1.42. The molecule has 30 heavy (non-hydrogen) atoms. The number of ether oxygens (including phenoxy) is 2. The van der Waals surface area contributed by atoms with Crippen molar-refractivity contribution in [2.45, 2.75) is 12.5 Å². The van der Waals surface area contributed by atoms with E-state index < -0.39 is 18.0 Å². The lowest BCUT2D eigenvalue weighted by atomic mass is 10.1. The van der Waals surface area contributed by atoms with Crippen LogP contribution in [0.5, 0.6) is 11.5 Å². The van der Waals surface area contributed by atoms with Crippen molar-refractivity contribution in [3.05, 3.63) is 47.5 Å².